The number of likely N-dealkylation sites (tertiary alicyclic amines) is 1. The number of cyclic esters (lactones) is 1. The maximum atomic E-state index is 14.4. The third-order valence-electron chi connectivity index (χ3n) is 16.8. The minimum Gasteiger partial charge on any atom is -0.457 e. The van der Waals surface area contributed by atoms with Crippen molar-refractivity contribution in [3.8, 4) is 22.9 Å². The van der Waals surface area contributed by atoms with Crippen LogP contribution in [0.15, 0.2) is 47.3 Å². The van der Waals surface area contributed by atoms with E-state index in [1.807, 2.05) is 26.0 Å². The van der Waals surface area contributed by atoms with Gasteiger partial charge in [0.25, 0.3) is 5.56 Å². The highest BCUT2D eigenvalue weighted by Crippen LogP contribution is 2.45. The number of benzene rings is 2. The van der Waals surface area contributed by atoms with Gasteiger partial charge in [0.1, 0.15) is 19.3 Å². The number of hydrogen-bond acceptors (Lipinski definition) is 23. The summed E-state index contributed by atoms with van der Waals surface area (Å²) in [6.07, 6.45) is 3.28. The highest BCUT2D eigenvalue weighted by Gasteiger charge is 2.51. The molecule has 0 aliphatic carbocycles. The van der Waals surface area contributed by atoms with Crippen molar-refractivity contribution >= 4 is 58.3 Å². The maximum Gasteiger partial charge on any atom is 0.510 e. The van der Waals surface area contributed by atoms with Gasteiger partial charge in [-0.25, -0.2) is 14.6 Å². The van der Waals surface area contributed by atoms with E-state index in [0.717, 1.165) is 35.8 Å². The van der Waals surface area contributed by atoms with E-state index < -0.39 is 29.7 Å². The predicted molar refractivity (Wildman–Crippen MR) is 347 cm³/mol. The van der Waals surface area contributed by atoms with Gasteiger partial charge in [-0.1, -0.05) is 46.2 Å². The molecule has 4 aliphatic rings. The van der Waals surface area contributed by atoms with Crippen molar-refractivity contribution in [1.82, 2.24) is 25.1 Å². The fourth-order valence-corrected chi connectivity index (χ4v) is 11.4. The lowest BCUT2D eigenvalue weighted by Crippen LogP contribution is -2.47. The van der Waals surface area contributed by atoms with E-state index in [1.165, 1.54) is 4.90 Å². The first-order valence-corrected chi connectivity index (χ1v) is 33.3. The van der Waals surface area contributed by atoms with Gasteiger partial charge < -0.3 is 87.8 Å². The molecule has 2 aromatic heterocycles. The Morgan fingerprint density at radius 1 is 0.719 bits per heavy atom. The third-order valence-corrected chi connectivity index (χ3v) is 16.8. The average molecular weight is 1340 g/mol. The molecule has 526 valence electrons. The lowest BCUT2D eigenvalue weighted by molar-refractivity contribution is -0.175. The van der Waals surface area contributed by atoms with Gasteiger partial charge in [-0.05, 0) is 86.4 Å². The summed E-state index contributed by atoms with van der Waals surface area (Å²) in [6.45, 7) is 13.9. The summed E-state index contributed by atoms with van der Waals surface area (Å²) in [5.41, 5.74) is 8.45. The molecule has 1 saturated heterocycles. The number of esters is 1. The lowest BCUT2D eigenvalue weighted by atomic mass is 9.85. The Morgan fingerprint density at radius 3 is 1.93 bits per heavy atom. The Balaban J connectivity index is 0.635. The van der Waals surface area contributed by atoms with Crippen LogP contribution in [0.5, 0.6) is 11.5 Å². The standard InChI is InChI=1S/C68H93N7O21/c1-5-7-10-48-50-37-57-58(95-44-94-57)40-55(50)73-62-51(48)41-75-56(62)39-53-52(65(75)81)43-92-66(82)68(53,6-2)96-67(83)93-42-46-12-14-47(15-13-46)71-63(79)54(11-8-9-18-69)72-60(77)17-21-84-23-25-86-27-29-88-31-33-90-35-36-91-34-32-89-30-28-87-26-24-85-22-19-70-59(76)16-20-74-61(78)38-49(45(3)4)64(74)80/h12-15,37,39-40,45,49,54H,5-11,16-36,38,41-44,69H2,1-4H3,(H,70,76)(H,71,79)(H,72,77)/t49?,54-,68-/m0/s1. The number of carbonyl (C=O) groups excluding carboxylic acids is 7. The van der Waals surface area contributed by atoms with E-state index >= 15 is 0 Å². The zero-order chi connectivity index (χ0) is 68.2. The van der Waals surface area contributed by atoms with Crippen molar-refractivity contribution in [2.75, 3.05) is 137 Å². The molecule has 0 saturated carbocycles. The SMILES string of the molecule is CCCCc1c2c(nc3cc4c(cc13)OCO4)-c1cc3c(c(=O)n1C2)COC(=O)[C@@]3(CC)OC(=O)OCc1ccc(NC(=O)[C@H](CCCCN)NC(=O)CCOCCOCCOCCOCCOCCOCCOCCOCCNC(=O)CCN2C(=O)CC(C(C)C)C2=O)cc1. The molecule has 4 aliphatic heterocycles. The molecule has 28 heteroatoms. The number of unbranched alkanes of at least 4 members (excludes halogenated alkanes) is 2. The molecular weight excluding hydrogens is 1250 g/mol. The molecule has 2 aromatic carbocycles. The van der Waals surface area contributed by atoms with E-state index in [2.05, 4.69) is 22.9 Å². The summed E-state index contributed by atoms with van der Waals surface area (Å²) in [6, 6.07) is 11.2. The normalized spacial score (nSPS) is 16.4. The Hall–Kier alpha value is -7.67. The van der Waals surface area contributed by atoms with E-state index in [9.17, 15) is 38.4 Å². The number of nitrogens with one attached hydrogen (secondary N) is 3. The summed E-state index contributed by atoms with van der Waals surface area (Å²) >= 11 is 0. The molecule has 1 unspecified atom stereocenters. The van der Waals surface area contributed by atoms with Gasteiger partial charge in [0.2, 0.25) is 41.9 Å². The zero-order valence-corrected chi connectivity index (χ0v) is 55.6. The van der Waals surface area contributed by atoms with Crippen molar-refractivity contribution < 1.29 is 95.1 Å². The van der Waals surface area contributed by atoms with Crippen molar-refractivity contribution in [2.45, 2.75) is 123 Å². The van der Waals surface area contributed by atoms with Crippen molar-refractivity contribution in [3.63, 3.8) is 0 Å². The van der Waals surface area contributed by atoms with E-state index in [-0.39, 0.29) is 124 Å². The number of nitrogens with two attached hydrogens (primary N) is 1. The predicted octanol–water partition coefficient (Wildman–Crippen LogP) is 5.12. The Bertz CT molecular complexity index is 3330. The summed E-state index contributed by atoms with van der Waals surface area (Å²) < 4.78 is 74.2. The van der Waals surface area contributed by atoms with Crippen LogP contribution in [-0.2, 0) is 113 Å². The Kier molecular flexibility index (Phi) is 29.6. The number of pyridine rings is 2. The summed E-state index contributed by atoms with van der Waals surface area (Å²) in [4.78, 5) is 111. The van der Waals surface area contributed by atoms with Gasteiger partial charge in [0.05, 0.1) is 135 Å². The second-order valence-electron chi connectivity index (χ2n) is 23.7. The average Bonchev–Trinajstić information content (AvgIpc) is 1.43. The number of imide groups is 1. The molecule has 5 amide bonds. The third kappa shape index (κ3) is 20.7. The number of aryl methyl sites for hydroxylation is 1. The van der Waals surface area contributed by atoms with Crippen LogP contribution in [-0.4, -0.2) is 194 Å². The molecule has 8 rings (SSSR count). The van der Waals surface area contributed by atoms with Crippen LogP contribution >= 0.6 is 0 Å². The number of anilines is 1. The van der Waals surface area contributed by atoms with Crippen LogP contribution in [0, 0.1) is 11.8 Å². The highest BCUT2D eigenvalue weighted by molar-refractivity contribution is 6.04. The summed E-state index contributed by atoms with van der Waals surface area (Å²) in [7, 11) is 0. The van der Waals surface area contributed by atoms with Crippen LogP contribution < -0.4 is 36.7 Å². The Labute approximate surface area is 558 Å². The minimum atomic E-state index is -1.99. The molecule has 0 radical (unpaired) electrons. The quantitative estimate of drug-likeness (QED) is 0.0223. The van der Waals surface area contributed by atoms with Gasteiger partial charge >= 0.3 is 12.1 Å². The van der Waals surface area contributed by atoms with Gasteiger partial charge in [-0.15, -0.1) is 0 Å². The first-order valence-electron chi connectivity index (χ1n) is 33.3. The summed E-state index contributed by atoms with van der Waals surface area (Å²) in [5.74, 6) is -1.30. The molecule has 5 N–H and O–H groups in total. The largest absolute Gasteiger partial charge is 0.510 e. The topological polar surface area (TPSA) is 340 Å². The fourth-order valence-electron chi connectivity index (χ4n) is 11.4. The molecular formula is C68H93N7O21. The van der Waals surface area contributed by atoms with Crippen LogP contribution in [0.4, 0.5) is 10.5 Å². The number of rotatable bonds is 45. The number of nitrogens with zero attached hydrogens (tertiary/aromatic N) is 3. The van der Waals surface area contributed by atoms with Gasteiger partial charge in [0.15, 0.2) is 11.5 Å². The highest BCUT2D eigenvalue weighted by atomic mass is 16.7. The van der Waals surface area contributed by atoms with Gasteiger partial charge in [-0.3, -0.25) is 33.7 Å². The zero-order valence-electron chi connectivity index (χ0n) is 55.6. The lowest BCUT2D eigenvalue weighted by Gasteiger charge is -2.35. The fraction of sp³-hybridized carbons (Fsp3) is 0.603. The van der Waals surface area contributed by atoms with Crippen LogP contribution in [0.3, 0.4) is 0 Å². The smallest absolute Gasteiger partial charge is 0.457 e. The number of hydrogen-bond donors (Lipinski definition) is 4. The second-order valence-corrected chi connectivity index (χ2v) is 23.7. The maximum absolute atomic E-state index is 14.4. The van der Waals surface area contributed by atoms with Gasteiger partial charge in [0, 0.05) is 66.5 Å². The molecule has 4 aromatic rings. The molecule has 0 spiro atoms. The molecule has 28 nitrogen and oxygen atoms in total. The molecule has 1 fully saturated rings. The number of aromatic nitrogens is 2. The molecule has 6 heterocycles. The molecule has 96 heavy (non-hydrogen) atoms. The van der Waals surface area contributed by atoms with Crippen LogP contribution in [0.2, 0.25) is 0 Å². The van der Waals surface area contributed by atoms with Crippen LogP contribution in [0.1, 0.15) is 113 Å². The van der Waals surface area contributed by atoms with E-state index in [1.54, 1.807) is 41.8 Å². The first-order chi connectivity index (χ1) is 46.7. The number of ether oxygens (including phenoxy) is 13. The number of amides is 5. The summed E-state index contributed by atoms with van der Waals surface area (Å²) in [5, 5.41) is 9.31. The molecule has 3 atom stereocenters. The first kappa shape index (κ1) is 74.1. The minimum absolute atomic E-state index is 0.0196. The Morgan fingerprint density at radius 2 is 1.33 bits per heavy atom. The van der Waals surface area contributed by atoms with Crippen molar-refractivity contribution in [3.05, 3.63) is 80.6 Å². The van der Waals surface area contributed by atoms with Crippen molar-refractivity contribution in [1.29, 1.82) is 0 Å². The van der Waals surface area contributed by atoms with Crippen LogP contribution in [0.25, 0.3) is 22.3 Å². The second kappa shape index (κ2) is 38.3. The number of fused-ring (bicyclic) bond motifs is 6. The molecule has 0 bridgehead atoms. The monoisotopic (exact) mass is 1340 g/mol. The van der Waals surface area contributed by atoms with Crippen molar-refractivity contribution in [2.24, 2.45) is 17.6 Å². The van der Waals surface area contributed by atoms with Gasteiger partial charge in [-0.2, -0.15) is 0 Å². The van der Waals surface area contributed by atoms with E-state index in [0.29, 0.717) is 165 Å². The number of carbonyl (C=O) groups is 7. The van der Waals surface area contributed by atoms with E-state index in [4.69, 9.17) is 72.3 Å².